The van der Waals surface area contributed by atoms with Gasteiger partial charge in [0.1, 0.15) is 4.90 Å². The number of carboxylic acids is 1. The minimum Gasteiger partial charge on any atom is -0.475 e. The molecule has 2 fully saturated rings. The minimum absolute atomic E-state index is 0.0868. The minimum atomic E-state index is -5.08. The van der Waals surface area contributed by atoms with Crippen molar-refractivity contribution in [3.63, 3.8) is 0 Å². The van der Waals surface area contributed by atoms with Crippen molar-refractivity contribution < 1.29 is 31.5 Å². The smallest absolute Gasteiger partial charge is 0.475 e. The number of sulfonamides is 1. The molecule has 3 rings (SSSR count). The second-order valence-electron chi connectivity index (χ2n) is 6.98. The van der Waals surface area contributed by atoms with Crippen LogP contribution < -0.4 is 5.32 Å². The zero-order chi connectivity index (χ0) is 23.2. The van der Waals surface area contributed by atoms with Crippen LogP contribution in [0.5, 0.6) is 0 Å². The summed E-state index contributed by atoms with van der Waals surface area (Å²) in [7, 11) is -3.61. The van der Waals surface area contributed by atoms with E-state index in [1.165, 1.54) is 22.5 Å². The normalized spacial score (nSPS) is 19.2. The number of piperazine rings is 1. The molecule has 172 valence electrons. The number of nitrogens with zero attached hydrogens (tertiary/aromatic N) is 3. The molecule has 31 heavy (non-hydrogen) atoms. The van der Waals surface area contributed by atoms with Gasteiger partial charge in [-0.15, -0.1) is 0 Å². The second-order valence-corrected chi connectivity index (χ2v) is 9.29. The molecule has 0 unspecified atom stereocenters. The number of hydrogen-bond donors (Lipinski definition) is 2. The SMILES string of the molecule is N#Cc1ccc(S(=O)(=O)N2CCC(N3CCNCC3)CC2)c(Cl)c1.O=C(O)C(F)(F)F. The number of benzene rings is 1. The first-order chi connectivity index (χ1) is 14.5. The average molecular weight is 483 g/mol. The van der Waals surface area contributed by atoms with Gasteiger partial charge in [-0.2, -0.15) is 22.7 Å². The van der Waals surface area contributed by atoms with Crippen molar-refractivity contribution in [3.8, 4) is 6.07 Å². The molecule has 2 aliphatic heterocycles. The highest BCUT2D eigenvalue weighted by Gasteiger charge is 2.38. The molecule has 2 saturated heterocycles. The fourth-order valence-electron chi connectivity index (χ4n) is 3.41. The molecule has 2 N–H and O–H groups in total. The number of nitrogens with one attached hydrogen (secondary N) is 1. The van der Waals surface area contributed by atoms with E-state index in [1.54, 1.807) is 0 Å². The molecule has 0 bridgehead atoms. The molecule has 1 aromatic carbocycles. The lowest BCUT2D eigenvalue weighted by Gasteiger charge is -2.39. The van der Waals surface area contributed by atoms with Crippen molar-refractivity contribution in [1.29, 1.82) is 5.26 Å². The van der Waals surface area contributed by atoms with Gasteiger partial charge >= 0.3 is 12.1 Å². The van der Waals surface area contributed by atoms with Crippen LogP contribution in [0.2, 0.25) is 5.02 Å². The molecule has 2 aliphatic rings. The maximum atomic E-state index is 12.8. The van der Waals surface area contributed by atoms with Gasteiger partial charge in [0, 0.05) is 45.3 Å². The van der Waals surface area contributed by atoms with Gasteiger partial charge < -0.3 is 10.4 Å². The highest BCUT2D eigenvalue weighted by atomic mass is 35.5. The summed E-state index contributed by atoms with van der Waals surface area (Å²) in [4.78, 5) is 11.4. The van der Waals surface area contributed by atoms with E-state index < -0.39 is 22.2 Å². The number of piperidine rings is 1. The molecule has 0 aromatic heterocycles. The van der Waals surface area contributed by atoms with E-state index in [0.29, 0.717) is 24.7 Å². The molecule has 0 atom stereocenters. The van der Waals surface area contributed by atoms with E-state index in [-0.39, 0.29) is 9.92 Å². The zero-order valence-corrected chi connectivity index (χ0v) is 18.0. The van der Waals surface area contributed by atoms with Crippen molar-refractivity contribution in [2.45, 2.75) is 30.0 Å². The summed E-state index contributed by atoms with van der Waals surface area (Å²) in [5.74, 6) is -2.76. The molecular formula is C18H22ClF3N4O4S. The summed E-state index contributed by atoms with van der Waals surface area (Å²) < 4.78 is 58.9. The Kier molecular flexibility index (Phi) is 8.67. The van der Waals surface area contributed by atoms with E-state index >= 15 is 0 Å². The van der Waals surface area contributed by atoms with Crippen LogP contribution in [0.1, 0.15) is 18.4 Å². The van der Waals surface area contributed by atoms with Crippen LogP contribution in [0.25, 0.3) is 0 Å². The Hall–Kier alpha value is -1.91. The van der Waals surface area contributed by atoms with Crippen LogP contribution in [0, 0.1) is 11.3 Å². The molecule has 8 nitrogen and oxygen atoms in total. The van der Waals surface area contributed by atoms with Crippen molar-refractivity contribution >= 4 is 27.6 Å². The highest BCUT2D eigenvalue weighted by molar-refractivity contribution is 7.89. The number of rotatable bonds is 3. The van der Waals surface area contributed by atoms with Crippen LogP contribution in [-0.4, -0.2) is 80.2 Å². The molecule has 2 heterocycles. The Balaban J connectivity index is 0.000000423. The lowest BCUT2D eigenvalue weighted by Crippen LogP contribution is -2.52. The summed E-state index contributed by atoms with van der Waals surface area (Å²) in [6.07, 6.45) is -3.40. The average Bonchev–Trinajstić information content (AvgIpc) is 2.74. The molecule has 1 aromatic rings. The third kappa shape index (κ3) is 6.78. The topological polar surface area (TPSA) is 114 Å². The number of carbonyl (C=O) groups is 1. The molecule has 0 radical (unpaired) electrons. The van der Waals surface area contributed by atoms with Crippen molar-refractivity contribution in [2.75, 3.05) is 39.3 Å². The van der Waals surface area contributed by atoms with E-state index in [4.69, 9.17) is 26.8 Å². The van der Waals surface area contributed by atoms with Gasteiger partial charge in [0.2, 0.25) is 10.0 Å². The quantitative estimate of drug-likeness (QED) is 0.676. The summed E-state index contributed by atoms with van der Waals surface area (Å²) in [5.41, 5.74) is 0.358. The predicted octanol–water partition coefficient (Wildman–Crippen LogP) is 1.90. The number of alkyl halides is 3. The van der Waals surface area contributed by atoms with Crippen LogP contribution >= 0.6 is 11.6 Å². The first-order valence-corrected chi connectivity index (χ1v) is 11.2. The summed E-state index contributed by atoms with van der Waals surface area (Å²) in [6.45, 7) is 5.07. The molecule has 0 amide bonds. The molecular weight excluding hydrogens is 461 g/mol. The maximum Gasteiger partial charge on any atom is 0.490 e. The first-order valence-electron chi connectivity index (χ1n) is 9.41. The van der Waals surface area contributed by atoms with Crippen LogP contribution in [0.15, 0.2) is 23.1 Å². The lowest BCUT2D eigenvalue weighted by atomic mass is 10.0. The Morgan fingerprint density at radius 3 is 2.19 bits per heavy atom. The Labute approximate surface area is 183 Å². The largest absolute Gasteiger partial charge is 0.490 e. The van der Waals surface area contributed by atoms with Crippen molar-refractivity contribution in [2.24, 2.45) is 0 Å². The Morgan fingerprint density at radius 1 is 1.19 bits per heavy atom. The third-order valence-electron chi connectivity index (χ3n) is 5.01. The van der Waals surface area contributed by atoms with Gasteiger partial charge in [-0.1, -0.05) is 11.6 Å². The van der Waals surface area contributed by atoms with E-state index in [0.717, 1.165) is 39.0 Å². The second kappa shape index (κ2) is 10.6. The lowest BCUT2D eigenvalue weighted by molar-refractivity contribution is -0.192. The van der Waals surface area contributed by atoms with Gasteiger partial charge in [-0.25, -0.2) is 13.2 Å². The van der Waals surface area contributed by atoms with Gasteiger partial charge in [-0.05, 0) is 31.0 Å². The summed E-state index contributed by atoms with van der Waals surface area (Å²) in [6, 6.07) is 6.74. The van der Waals surface area contributed by atoms with E-state index in [9.17, 15) is 21.6 Å². The third-order valence-corrected chi connectivity index (χ3v) is 7.39. The Morgan fingerprint density at radius 2 is 1.74 bits per heavy atom. The van der Waals surface area contributed by atoms with Gasteiger partial charge in [0.05, 0.1) is 16.7 Å². The molecule has 0 saturated carbocycles. The van der Waals surface area contributed by atoms with E-state index in [2.05, 4.69) is 10.2 Å². The van der Waals surface area contributed by atoms with Crippen LogP contribution in [0.3, 0.4) is 0 Å². The zero-order valence-electron chi connectivity index (χ0n) is 16.4. The Bertz CT molecular complexity index is 923. The van der Waals surface area contributed by atoms with Crippen LogP contribution in [0.4, 0.5) is 13.2 Å². The monoisotopic (exact) mass is 482 g/mol. The fraction of sp³-hybridized carbons (Fsp3) is 0.556. The molecule has 13 heteroatoms. The molecule has 0 spiro atoms. The van der Waals surface area contributed by atoms with E-state index in [1.807, 2.05) is 6.07 Å². The summed E-state index contributed by atoms with van der Waals surface area (Å²) in [5, 5.41) is 19.5. The predicted molar refractivity (Wildman–Crippen MR) is 106 cm³/mol. The standard InChI is InChI=1S/C16H21ClN4O2S.C2HF3O2/c17-15-11-13(12-18)1-2-16(15)24(22,23)21-7-3-14(4-8-21)20-9-5-19-6-10-20;3-2(4,5)1(6)7/h1-2,11,14,19H,3-10H2;(H,6,7). The van der Waals surface area contributed by atoms with Crippen molar-refractivity contribution in [3.05, 3.63) is 28.8 Å². The number of carboxylic acid groups (broad SMARTS) is 1. The number of aliphatic carboxylic acids is 1. The first kappa shape index (κ1) is 25.4. The number of halogens is 4. The maximum absolute atomic E-state index is 12.8. The van der Waals surface area contributed by atoms with Gasteiger partial charge in [0.25, 0.3) is 0 Å². The number of hydrogen-bond acceptors (Lipinski definition) is 6. The van der Waals surface area contributed by atoms with Gasteiger partial charge in [-0.3, -0.25) is 4.90 Å². The molecule has 0 aliphatic carbocycles. The summed E-state index contributed by atoms with van der Waals surface area (Å²) >= 11 is 6.09. The van der Waals surface area contributed by atoms with Crippen LogP contribution in [-0.2, 0) is 14.8 Å². The highest BCUT2D eigenvalue weighted by Crippen LogP contribution is 2.28. The van der Waals surface area contributed by atoms with Gasteiger partial charge in [0.15, 0.2) is 0 Å². The van der Waals surface area contributed by atoms with Crippen molar-refractivity contribution in [1.82, 2.24) is 14.5 Å². The number of nitriles is 1. The fourth-order valence-corrected chi connectivity index (χ4v) is 5.40.